The second kappa shape index (κ2) is 7.34. The van der Waals surface area contributed by atoms with Crippen molar-refractivity contribution in [3.63, 3.8) is 0 Å². The average Bonchev–Trinajstić information content (AvgIpc) is 2.47. The van der Waals surface area contributed by atoms with Crippen molar-refractivity contribution in [2.75, 3.05) is 5.32 Å². The van der Waals surface area contributed by atoms with Crippen molar-refractivity contribution in [2.24, 2.45) is 0 Å². The van der Waals surface area contributed by atoms with Crippen LogP contribution in [0.1, 0.15) is 32.1 Å². The van der Waals surface area contributed by atoms with Crippen LogP contribution in [-0.4, -0.2) is 12.1 Å². The number of carbonyl (C=O) groups is 1. The molecule has 0 bridgehead atoms. The predicted octanol–water partition coefficient (Wildman–Crippen LogP) is 4.21. The van der Waals surface area contributed by atoms with E-state index in [4.69, 9.17) is 4.74 Å². The topological polar surface area (TPSA) is 38.3 Å². The number of hydrogen-bond acceptors (Lipinski definition) is 3. The van der Waals surface area contributed by atoms with Gasteiger partial charge < -0.3 is 10.1 Å². The lowest BCUT2D eigenvalue weighted by atomic mass is 9.98. The van der Waals surface area contributed by atoms with Crippen LogP contribution >= 0.6 is 15.9 Å². The highest BCUT2D eigenvalue weighted by Crippen LogP contribution is 2.22. The van der Waals surface area contributed by atoms with Crippen molar-refractivity contribution in [3.05, 3.63) is 41.0 Å². The molecule has 0 heterocycles. The summed E-state index contributed by atoms with van der Waals surface area (Å²) in [6, 6.07) is 9.68. The first-order valence-corrected chi connectivity index (χ1v) is 7.43. The number of halogens is 1. The van der Waals surface area contributed by atoms with E-state index in [2.05, 4.69) is 21.2 Å². The molecule has 0 amide bonds. The minimum absolute atomic E-state index is 0.0823. The molecule has 0 saturated heterocycles. The van der Waals surface area contributed by atoms with E-state index in [1.54, 1.807) is 6.20 Å². The lowest BCUT2D eigenvalue weighted by Gasteiger charge is -2.21. The molecule has 1 saturated carbocycles. The van der Waals surface area contributed by atoms with Gasteiger partial charge in [-0.2, -0.15) is 0 Å². The van der Waals surface area contributed by atoms with Gasteiger partial charge in [-0.15, -0.1) is 0 Å². The molecule has 1 aromatic carbocycles. The molecule has 19 heavy (non-hydrogen) atoms. The van der Waals surface area contributed by atoms with E-state index in [-0.39, 0.29) is 12.1 Å². The molecule has 4 heteroatoms. The van der Waals surface area contributed by atoms with Crippen LogP contribution in [0, 0.1) is 0 Å². The Bertz CT molecular complexity index is 439. The number of nitrogens with one attached hydrogen (secondary N) is 1. The number of carbonyl (C=O) groups excluding carboxylic acids is 1. The van der Waals surface area contributed by atoms with Gasteiger partial charge in [0.05, 0.1) is 0 Å². The monoisotopic (exact) mass is 323 g/mol. The third kappa shape index (κ3) is 4.71. The van der Waals surface area contributed by atoms with Crippen LogP contribution in [0.4, 0.5) is 5.69 Å². The average molecular weight is 324 g/mol. The Labute approximate surface area is 122 Å². The fourth-order valence-electron chi connectivity index (χ4n) is 2.13. The molecule has 0 radical (unpaired) electrons. The second-order valence-electron chi connectivity index (χ2n) is 4.67. The third-order valence-electron chi connectivity index (χ3n) is 3.16. The number of ether oxygens (including phenoxy) is 1. The summed E-state index contributed by atoms with van der Waals surface area (Å²) in [7, 11) is 0. The summed E-state index contributed by atoms with van der Waals surface area (Å²) in [6.07, 6.45) is 7.24. The Hall–Kier alpha value is -1.29. The van der Waals surface area contributed by atoms with Crippen molar-refractivity contribution < 1.29 is 9.53 Å². The molecule has 1 aliphatic carbocycles. The largest absolute Gasteiger partial charge is 0.458 e. The maximum Gasteiger partial charge on any atom is 0.347 e. The van der Waals surface area contributed by atoms with Gasteiger partial charge in [0.25, 0.3) is 0 Å². The molecule has 1 N–H and O–H groups in total. The van der Waals surface area contributed by atoms with Crippen molar-refractivity contribution in [2.45, 2.75) is 38.2 Å². The maximum atomic E-state index is 11.9. The third-order valence-corrected chi connectivity index (χ3v) is 3.71. The SMILES string of the molecule is O=C(OC1CCCCC1)/C(Br)=C/Nc1ccccc1. The summed E-state index contributed by atoms with van der Waals surface area (Å²) in [5.74, 6) is -0.296. The van der Waals surface area contributed by atoms with Crippen molar-refractivity contribution in [1.29, 1.82) is 0 Å². The van der Waals surface area contributed by atoms with Crippen LogP contribution in [0.25, 0.3) is 0 Å². The molecule has 1 aliphatic rings. The Kier molecular flexibility index (Phi) is 5.45. The standard InChI is InChI=1S/C15H18BrNO2/c16-14(11-17-12-7-3-1-4-8-12)15(18)19-13-9-5-2-6-10-13/h1,3-4,7-8,11,13,17H,2,5-6,9-10H2/b14-11-. The number of para-hydroxylation sites is 1. The Morgan fingerprint density at radius 3 is 2.58 bits per heavy atom. The molecule has 1 aromatic rings. The molecule has 0 aliphatic heterocycles. The van der Waals surface area contributed by atoms with E-state index in [1.165, 1.54) is 6.42 Å². The molecule has 0 unspecified atom stereocenters. The number of benzene rings is 1. The van der Waals surface area contributed by atoms with E-state index in [1.807, 2.05) is 30.3 Å². The lowest BCUT2D eigenvalue weighted by molar-refractivity contribution is -0.144. The normalized spacial score (nSPS) is 17.0. The summed E-state index contributed by atoms with van der Waals surface area (Å²) in [5.41, 5.74) is 0.935. The smallest absolute Gasteiger partial charge is 0.347 e. The zero-order chi connectivity index (χ0) is 13.5. The van der Waals surface area contributed by atoms with Crippen LogP contribution in [0.2, 0.25) is 0 Å². The number of rotatable bonds is 4. The Morgan fingerprint density at radius 1 is 1.21 bits per heavy atom. The second-order valence-corrected chi connectivity index (χ2v) is 5.52. The molecule has 1 fully saturated rings. The highest BCUT2D eigenvalue weighted by Gasteiger charge is 2.18. The zero-order valence-corrected chi connectivity index (χ0v) is 12.4. The summed E-state index contributed by atoms with van der Waals surface area (Å²) in [6.45, 7) is 0. The van der Waals surface area contributed by atoms with E-state index < -0.39 is 0 Å². The van der Waals surface area contributed by atoms with Crippen LogP contribution in [-0.2, 0) is 9.53 Å². The molecular formula is C15H18BrNO2. The van der Waals surface area contributed by atoms with Crippen LogP contribution in [0.3, 0.4) is 0 Å². The summed E-state index contributed by atoms with van der Waals surface area (Å²) in [5, 5.41) is 3.05. The Balaban J connectivity index is 1.84. The quantitative estimate of drug-likeness (QED) is 0.666. The summed E-state index contributed by atoms with van der Waals surface area (Å²) >= 11 is 3.25. The van der Waals surface area contributed by atoms with Gasteiger partial charge in [-0.3, -0.25) is 0 Å². The van der Waals surface area contributed by atoms with Gasteiger partial charge in [-0.25, -0.2) is 4.79 Å². The molecule has 0 spiro atoms. The zero-order valence-electron chi connectivity index (χ0n) is 10.8. The molecular weight excluding hydrogens is 306 g/mol. The van der Waals surface area contributed by atoms with Crippen molar-refractivity contribution >= 4 is 27.6 Å². The van der Waals surface area contributed by atoms with Crippen molar-refractivity contribution in [3.8, 4) is 0 Å². The predicted molar refractivity (Wildman–Crippen MR) is 80.0 cm³/mol. The van der Waals surface area contributed by atoms with Gasteiger partial charge in [0.2, 0.25) is 0 Å². The molecule has 0 atom stereocenters. The molecule has 2 rings (SSSR count). The van der Waals surface area contributed by atoms with Gasteiger partial charge in [-0.05, 0) is 53.7 Å². The van der Waals surface area contributed by atoms with E-state index in [0.29, 0.717) is 4.48 Å². The molecule has 102 valence electrons. The number of esters is 1. The van der Waals surface area contributed by atoms with Gasteiger partial charge in [0, 0.05) is 11.9 Å². The van der Waals surface area contributed by atoms with Gasteiger partial charge in [-0.1, -0.05) is 24.6 Å². The van der Waals surface area contributed by atoms with Gasteiger partial charge in [0.1, 0.15) is 10.6 Å². The van der Waals surface area contributed by atoms with E-state index in [0.717, 1.165) is 31.4 Å². The molecule has 3 nitrogen and oxygen atoms in total. The minimum atomic E-state index is -0.296. The first-order valence-electron chi connectivity index (χ1n) is 6.64. The molecule has 0 aromatic heterocycles. The summed E-state index contributed by atoms with van der Waals surface area (Å²) < 4.78 is 5.87. The summed E-state index contributed by atoms with van der Waals surface area (Å²) in [4.78, 5) is 11.9. The van der Waals surface area contributed by atoms with Gasteiger partial charge >= 0.3 is 5.97 Å². The van der Waals surface area contributed by atoms with Crippen LogP contribution in [0.5, 0.6) is 0 Å². The van der Waals surface area contributed by atoms with Crippen LogP contribution < -0.4 is 5.32 Å². The minimum Gasteiger partial charge on any atom is -0.458 e. The first kappa shape index (κ1) is 14.1. The lowest BCUT2D eigenvalue weighted by Crippen LogP contribution is -2.21. The highest BCUT2D eigenvalue weighted by molar-refractivity contribution is 9.12. The fraction of sp³-hybridized carbons (Fsp3) is 0.400. The Morgan fingerprint density at radius 2 is 1.89 bits per heavy atom. The van der Waals surface area contributed by atoms with E-state index >= 15 is 0 Å². The van der Waals surface area contributed by atoms with E-state index in [9.17, 15) is 4.79 Å². The highest BCUT2D eigenvalue weighted by atomic mass is 79.9. The van der Waals surface area contributed by atoms with Crippen molar-refractivity contribution in [1.82, 2.24) is 0 Å². The van der Waals surface area contributed by atoms with Crippen LogP contribution in [0.15, 0.2) is 41.0 Å². The van der Waals surface area contributed by atoms with Gasteiger partial charge in [0.15, 0.2) is 0 Å². The number of anilines is 1. The fourth-order valence-corrected chi connectivity index (χ4v) is 2.34. The maximum absolute atomic E-state index is 11.9. The first-order chi connectivity index (χ1) is 9.25. The number of hydrogen-bond donors (Lipinski definition) is 1.